The molecule has 132 valence electrons. The quantitative estimate of drug-likeness (QED) is 0.706. The predicted octanol–water partition coefficient (Wildman–Crippen LogP) is 3.78. The average molecular weight is 412 g/mol. The van der Waals surface area contributed by atoms with Crippen LogP contribution in [0.4, 0.5) is 0 Å². The topological polar surface area (TPSA) is 46.6 Å². The molecule has 1 amide bonds. The number of nitrogens with zero attached hydrogens (tertiary/aromatic N) is 1. The normalized spacial score (nSPS) is 25.3. The summed E-state index contributed by atoms with van der Waals surface area (Å²) in [6, 6.07) is 15.6. The molecule has 2 heterocycles. The van der Waals surface area contributed by atoms with Crippen LogP contribution in [0.5, 0.6) is 0 Å². The summed E-state index contributed by atoms with van der Waals surface area (Å²) >= 11 is 3.45. The summed E-state index contributed by atoms with van der Waals surface area (Å²) in [5.41, 5.74) is 1.58. The van der Waals surface area contributed by atoms with Gasteiger partial charge in [-0.3, -0.25) is 4.79 Å². The number of esters is 1. The zero-order valence-electron chi connectivity index (χ0n) is 14.2. The summed E-state index contributed by atoms with van der Waals surface area (Å²) in [5, 5.41) is 0. The van der Waals surface area contributed by atoms with E-state index in [9.17, 15) is 9.59 Å². The molecule has 2 fully saturated rings. The van der Waals surface area contributed by atoms with Gasteiger partial charge in [-0.05, 0) is 36.6 Å². The minimum Gasteiger partial charge on any atom is -0.449 e. The van der Waals surface area contributed by atoms with Crippen LogP contribution in [-0.4, -0.2) is 29.9 Å². The number of rotatable bonds is 2. The van der Waals surface area contributed by atoms with Crippen molar-refractivity contribution in [3.8, 4) is 0 Å². The number of carbonyl (C=O) groups is 2. The monoisotopic (exact) mass is 411 g/mol. The van der Waals surface area contributed by atoms with Crippen LogP contribution in [0.25, 0.3) is 0 Å². The zero-order valence-corrected chi connectivity index (χ0v) is 15.8. The van der Waals surface area contributed by atoms with Gasteiger partial charge in [0.25, 0.3) is 0 Å². The van der Waals surface area contributed by atoms with Crippen molar-refractivity contribution in [2.24, 2.45) is 0 Å². The number of benzene rings is 2. The maximum absolute atomic E-state index is 13.3. The van der Waals surface area contributed by atoms with Crippen molar-refractivity contribution in [1.82, 2.24) is 4.90 Å². The molecule has 1 atom stereocenters. The molecule has 2 aliphatic heterocycles. The second-order valence-corrected chi connectivity index (χ2v) is 8.41. The van der Waals surface area contributed by atoms with E-state index >= 15 is 0 Å². The Bertz CT molecular complexity index is 919. The van der Waals surface area contributed by atoms with Crippen molar-refractivity contribution in [2.45, 2.75) is 30.3 Å². The Balaban J connectivity index is 1.43. The lowest BCUT2D eigenvalue weighted by Gasteiger charge is -2.27. The van der Waals surface area contributed by atoms with Gasteiger partial charge in [-0.25, -0.2) is 4.79 Å². The van der Waals surface area contributed by atoms with Crippen molar-refractivity contribution >= 4 is 27.8 Å². The highest BCUT2D eigenvalue weighted by atomic mass is 79.9. The van der Waals surface area contributed by atoms with Gasteiger partial charge in [-0.15, -0.1) is 0 Å². The van der Waals surface area contributed by atoms with E-state index in [1.165, 1.54) is 0 Å². The molecule has 1 spiro atoms. The van der Waals surface area contributed by atoms with Crippen LogP contribution < -0.4 is 0 Å². The average Bonchev–Trinajstić information content (AvgIpc) is 3.28. The number of halogens is 1. The smallest absolute Gasteiger partial charge is 0.339 e. The van der Waals surface area contributed by atoms with Crippen LogP contribution >= 0.6 is 15.9 Å². The fourth-order valence-corrected chi connectivity index (χ4v) is 4.69. The zero-order chi connectivity index (χ0) is 17.9. The van der Waals surface area contributed by atoms with E-state index in [2.05, 4.69) is 15.9 Å². The Morgan fingerprint density at radius 1 is 1.04 bits per heavy atom. The third-order valence-corrected chi connectivity index (χ3v) is 6.53. The number of fused-ring (bicyclic) bond motifs is 2. The van der Waals surface area contributed by atoms with Gasteiger partial charge in [0, 0.05) is 23.0 Å². The molecule has 26 heavy (non-hydrogen) atoms. The lowest BCUT2D eigenvalue weighted by molar-refractivity contribution is -0.134. The van der Waals surface area contributed by atoms with Crippen LogP contribution in [0.3, 0.4) is 0 Å². The maximum Gasteiger partial charge on any atom is 0.339 e. The van der Waals surface area contributed by atoms with Gasteiger partial charge in [0.1, 0.15) is 0 Å². The molecule has 1 aliphatic carbocycles. The Morgan fingerprint density at radius 2 is 1.77 bits per heavy atom. The largest absolute Gasteiger partial charge is 0.449 e. The first-order valence-corrected chi connectivity index (χ1v) is 9.72. The molecular formula is C21H18BrNO3. The molecule has 1 saturated carbocycles. The molecule has 0 bridgehead atoms. The number of ether oxygens (including phenoxy) is 1. The van der Waals surface area contributed by atoms with Crippen LogP contribution in [0, 0.1) is 0 Å². The molecule has 4 nitrogen and oxygen atoms in total. The summed E-state index contributed by atoms with van der Waals surface area (Å²) in [6.07, 6.45) is 2.43. The number of likely N-dealkylation sites (tertiary alicyclic amines) is 1. The molecule has 0 N–H and O–H groups in total. The Hall–Kier alpha value is -2.14. The summed E-state index contributed by atoms with van der Waals surface area (Å²) < 4.78 is 6.79. The third kappa shape index (κ3) is 2.19. The van der Waals surface area contributed by atoms with E-state index < -0.39 is 11.0 Å². The highest BCUT2D eigenvalue weighted by molar-refractivity contribution is 9.10. The van der Waals surface area contributed by atoms with Crippen LogP contribution in [0.2, 0.25) is 0 Å². The van der Waals surface area contributed by atoms with Gasteiger partial charge in [-0.1, -0.05) is 46.3 Å². The second kappa shape index (κ2) is 5.43. The van der Waals surface area contributed by atoms with Crippen LogP contribution in [-0.2, 0) is 20.5 Å². The number of carbonyl (C=O) groups excluding carboxylic acids is 2. The maximum atomic E-state index is 13.3. The number of hydrogen-bond donors (Lipinski definition) is 0. The standard InChI is InChI=1S/C21H18BrNO3/c22-15-7-5-14(6-8-15)20(9-10-20)19(25)23-12-11-21(13-23)17-4-2-1-3-16(17)18(24)26-21/h1-8H,9-13H2. The van der Waals surface area contributed by atoms with E-state index in [-0.39, 0.29) is 11.9 Å². The number of amides is 1. The molecule has 2 aromatic carbocycles. The molecule has 2 aromatic rings. The first-order valence-electron chi connectivity index (χ1n) is 8.92. The second-order valence-electron chi connectivity index (χ2n) is 7.50. The first kappa shape index (κ1) is 16.1. The first-order chi connectivity index (χ1) is 12.5. The summed E-state index contributed by atoms with van der Waals surface area (Å²) in [7, 11) is 0. The Kier molecular flexibility index (Phi) is 3.35. The molecule has 5 heteroatoms. The van der Waals surface area contributed by atoms with E-state index in [4.69, 9.17) is 4.74 Å². The molecule has 3 aliphatic rings. The molecule has 1 unspecified atom stereocenters. The van der Waals surface area contributed by atoms with Crippen molar-refractivity contribution in [2.75, 3.05) is 13.1 Å². The minimum atomic E-state index is -0.668. The Morgan fingerprint density at radius 3 is 2.50 bits per heavy atom. The molecular weight excluding hydrogens is 394 g/mol. The van der Waals surface area contributed by atoms with Gasteiger partial charge < -0.3 is 9.64 Å². The van der Waals surface area contributed by atoms with E-state index in [1.54, 1.807) is 6.07 Å². The Labute approximate surface area is 160 Å². The lowest BCUT2D eigenvalue weighted by Crippen LogP contribution is -2.40. The highest BCUT2D eigenvalue weighted by Gasteiger charge is 2.57. The van der Waals surface area contributed by atoms with E-state index in [0.29, 0.717) is 25.1 Å². The molecule has 0 aromatic heterocycles. The fraction of sp³-hybridized carbons (Fsp3) is 0.333. The van der Waals surface area contributed by atoms with Crippen LogP contribution in [0.1, 0.15) is 40.7 Å². The van der Waals surface area contributed by atoms with Crippen molar-refractivity contribution in [3.63, 3.8) is 0 Å². The third-order valence-electron chi connectivity index (χ3n) is 6.00. The molecule has 5 rings (SSSR count). The summed E-state index contributed by atoms with van der Waals surface area (Å²) in [4.78, 5) is 27.5. The fourth-order valence-electron chi connectivity index (χ4n) is 4.43. The highest BCUT2D eigenvalue weighted by Crippen LogP contribution is 2.52. The van der Waals surface area contributed by atoms with Gasteiger partial charge in [0.05, 0.1) is 17.5 Å². The van der Waals surface area contributed by atoms with Gasteiger partial charge in [0.15, 0.2) is 5.60 Å². The molecule has 0 radical (unpaired) electrons. The van der Waals surface area contributed by atoms with Gasteiger partial charge >= 0.3 is 5.97 Å². The summed E-state index contributed by atoms with van der Waals surface area (Å²) in [5.74, 6) is -0.110. The minimum absolute atomic E-state index is 0.164. The van der Waals surface area contributed by atoms with Crippen molar-refractivity contribution in [3.05, 3.63) is 69.7 Å². The van der Waals surface area contributed by atoms with E-state index in [1.807, 2.05) is 47.4 Å². The summed E-state index contributed by atoms with van der Waals surface area (Å²) in [6.45, 7) is 1.07. The lowest BCUT2D eigenvalue weighted by atomic mass is 9.91. The predicted molar refractivity (Wildman–Crippen MR) is 99.8 cm³/mol. The molecule has 1 saturated heterocycles. The van der Waals surface area contributed by atoms with Crippen LogP contribution in [0.15, 0.2) is 53.0 Å². The SMILES string of the molecule is O=C1OC2(CCN(C(=O)C3(c4ccc(Br)cc4)CC3)C2)c2ccccc21. The van der Waals surface area contributed by atoms with E-state index in [0.717, 1.165) is 28.4 Å². The van der Waals surface area contributed by atoms with Crippen molar-refractivity contribution < 1.29 is 14.3 Å². The van der Waals surface area contributed by atoms with Gasteiger partial charge in [0.2, 0.25) is 5.91 Å². The van der Waals surface area contributed by atoms with Gasteiger partial charge in [-0.2, -0.15) is 0 Å². The number of hydrogen-bond acceptors (Lipinski definition) is 3. The van der Waals surface area contributed by atoms with Crippen molar-refractivity contribution in [1.29, 1.82) is 0 Å².